The predicted molar refractivity (Wildman–Crippen MR) is 87.8 cm³/mol. The van der Waals surface area contributed by atoms with Gasteiger partial charge in [-0.05, 0) is 36.3 Å². The number of benzene rings is 1. The van der Waals surface area contributed by atoms with Crippen LogP contribution in [0.4, 0.5) is 0 Å². The first kappa shape index (κ1) is 18.2. The molecular weight excluding hydrogens is 278 g/mol. The van der Waals surface area contributed by atoms with Crippen molar-refractivity contribution in [1.29, 1.82) is 0 Å². The van der Waals surface area contributed by atoms with Crippen LogP contribution in [-0.4, -0.2) is 35.5 Å². The molecule has 0 aliphatic rings. The fourth-order valence-electron chi connectivity index (χ4n) is 2.35. The Kier molecular flexibility index (Phi) is 7.64. The zero-order chi connectivity index (χ0) is 16.5. The first-order valence-electron chi connectivity index (χ1n) is 7.92. The first-order chi connectivity index (χ1) is 10.4. The van der Waals surface area contributed by atoms with E-state index < -0.39 is 5.97 Å². The molecule has 1 amide bonds. The lowest BCUT2D eigenvalue weighted by atomic mass is 10.0. The number of carbonyl (C=O) groups is 2. The van der Waals surface area contributed by atoms with Crippen molar-refractivity contribution in [2.75, 3.05) is 13.6 Å². The maximum Gasteiger partial charge on any atom is 0.303 e. The topological polar surface area (TPSA) is 57.6 Å². The third-order valence-corrected chi connectivity index (χ3v) is 3.60. The first-order valence-corrected chi connectivity index (χ1v) is 7.92. The second kappa shape index (κ2) is 9.23. The van der Waals surface area contributed by atoms with Crippen LogP contribution in [0.2, 0.25) is 0 Å². The Balaban J connectivity index is 2.35. The Morgan fingerprint density at radius 1 is 1.09 bits per heavy atom. The number of hydrogen-bond donors (Lipinski definition) is 1. The van der Waals surface area contributed by atoms with Crippen LogP contribution in [-0.2, 0) is 22.4 Å². The highest BCUT2D eigenvalue weighted by molar-refractivity contribution is 5.76. The molecule has 0 saturated heterocycles. The molecular formula is C18H27NO3. The summed E-state index contributed by atoms with van der Waals surface area (Å²) in [6, 6.07) is 8.46. The number of aliphatic carboxylic acids is 1. The minimum Gasteiger partial charge on any atom is -0.481 e. The van der Waals surface area contributed by atoms with Gasteiger partial charge in [0.25, 0.3) is 0 Å². The summed E-state index contributed by atoms with van der Waals surface area (Å²) in [6.07, 6.45) is 2.87. The van der Waals surface area contributed by atoms with Crippen LogP contribution in [0.3, 0.4) is 0 Å². The number of carbonyl (C=O) groups excluding carboxylic acids is 1. The Hall–Kier alpha value is -1.84. The molecule has 1 N–H and O–H groups in total. The highest BCUT2D eigenvalue weighted by Crippen LogP contribution is 2.11. The third kappa shape index (κ3) is 7.25. The summed E-state index contributed by atoms with van der Waals surface area (Å²) >= 11 is 0. The Morgan fingerprint density at radius 3 is 2.23 bits per heavy atom. The number of amides is 1. The Morgan fingerprint density at radius 2 is 1.68 bits per heavy atom. The summed E-state index contributed by atoms with van der Waals surface area (Å²) < 4.78 is 0. The van der Waals surface area contributed by atoms with Gasteiger partial charge < -0.3 is 10.0 Å². The zero-order valence-electron chi connectivity index (χ0n) is 13.8. The maximum atomic E-state index is 12.0. The van der Waals surface area contributed by atoms with E-state index in [1.165, 1.54) is 11.1 Å². The molecule has 0 saturated carbocycles. The van der Waals surface area contributed by atoms with E-state index in [1.807, 2.05) is 0 Å². The van der Waals surface area contributed by atoms with Gasteiger partial charge in [-0.3, -0.25) is 9.59 Å². The lowest BCUT2D eigenvalue weighted by Crippen LogP contribution is -2.28. The third-order valence-electron chi connectivity index (χ3n) is 3.60. The SMILES string of the molecule is CC(C)Cc1ccc(CCC(=O)N(C)CCCC(=O)O)cc1. The van der Waals surface area contributed by atoms with Gasteiger partial charge in [-0.2, -0.15) is 0 Å². The number of rotatable bonds is 9. The summed E-state index contributed by atoms with van der Waals surface area (Å²) in [5, 5.41) is 8.59. The second-order valence-corrected chi connectivity index (χ2v) is 6.23. The van der Waals surface area contributed by atoms with E-state index in [0.717, 1.165) is 12.8 Å². The molecule has 0 heterocycles. The van der Waals surface area contributed by atoms with Gasteiger partial charge in [0.2, 0.25) is 5.91 Å². The van der Waals surface area contributed by atoms with Gasteiger partial charge in [-0.1, -0.05) is 38.1 Å². The summed E-state index contributed by atoms with van der Waals surface area (Å²) in [5.74, 6) is -0.106. The van der Waals surface area contributed by atoms with E-state index in [0.29, 0.717) is 25.3 Å². The number of carboxylic acids is 1. The Labute approximate surface area is 133 Å². The molecule has 0 atom stereocenters. The monoisotopic (exact) mass is 305 g/mol. The number of carboxylic acid groups (broad SMARTS) is 1. The molecule has 0 spiro atoms. The number of hydrogen-bond acceptors (Lipinski definition) is 2. The molecule has 1 aromatic rings. The van der Waals surface area contributed by atoms with Crippen molar-refractivity contribution in [3.05, 3.63) is 35.4 Å². The van der Waals surface area contributed by atoms with Crippen molar-refractivity contribution in [2.45, 2.75) is 46.0 Å². The fraction of sp³-hybridized carbons (Fsp3) is 0.556. The highest BCUT2D eigenvalue weighted by atomic mass is 16.4. The molecule has 0 bridgehead atoms. The molecule has 22 heavy (non-hydrogen) atoms. The average molecular weight is 305 g/mol. The molecule has 0 radical (unpaired) electrons. The van der Waals surface area contributed by atoms with Crippen molar-refractivity contribution in [2.24, 2.45) is 5.92 Å². The lowest BCUT2D eigenvalue weighted by molar-refractivity contribution is -0.138. The van der Waals surface area contributed by atoms with Gasteiger partial charge >= 0.3 is 5.97 Å². The predicted octanol–water partition coefficient (Wildman–Crippen LogP) is 3.14. The van der Waals surface area contributed by atoms with Gasteiger partial charge in [-0.15, -0.1) is 0 Å². The highest BCUT2D eigenvalue weighted by Gasteiger charge is 2.09. The summed E-state index contributed by atoms with van der Waals surface area (Å²) in [7, 11) is 1.73. The molecule has 1 rings (SSSR count). The van der Waals surface area contributed by atoms with Gasteiger partial charge in [0.1, 0.15) is 0 Å². The van der Waals surface area contributed by atoms with E-state index >= 15 is 0 Å². The molecule has 122 valence electrons. The smallest absolute Gasteiger partial charge is 0.303 e. The van der Waals surface area contributed by atoms with Crippen LogP contribution >= 0.6 is 0 Å². The zero-order valence-corrected chi connectivity index (χ0v) is 13.8. The van der Waals surface area contributed by atoms with E-state index in [4.69, 9.17) is 5.11 Å². The van der Waals surface area contributed by atoms with Crippen molar-refractivity contribution < 1.29 is 14.7 Å². The van der Waals surface area contributed by atoms with Gasteiger partial charge in [0, 0.05) is 26.4 Å². The number of nitrogens with zero attached hydrogens (tertiary/aromatic N) is 1. The minimum absolute atomic E-state index is 0.0663. The van der Waals surface area contributed by atoms with Crippen LogP contribution in [0.5, 0.6) is 0 Å². The normalized spacial score (nSPS) is 10.7. The van der Waals surface area contributed by atoms with Gasteiger partial charge in [-0.25, -0.2) is 0 Å². The molecule has 0 aliphatic heterocycles. The van der Waals surface area contributed by atoms with E-state index in [-0.39, 0.29) is 12.3 Å². The van der Waals surface area contributed by atoms with Gasteiger partial charge in [0.05, 0.1) is 0 Å². The lowest BCUT2D eigenvalue weighted by Gasteiger charge is -2.16. The van der Waals surface area contributed by atoms with Crippen LogP contribution in [0.25, 0.3) is 0 Å². The molecule has 0 aromatic heterocycles. The molecule has 4 nitrogen and oxygen atoms in total. The Bertz CT molecular complexity index is 480. The van der Waals surface area contributed by atoms with Crippen LogP contribution < -0.4 is 0 Å². The van der Waals surface area contributed by atoms with Crippen LogP contribution in [0.15, 0.2) is 24.3 Å². The van der Waals surface area contributed by atoms with Crippen molar-refractivity contribution in [1.82, 2.24) is 4.90 Å². The second-order valence-electron chi connectivity index (χ2n) is 6.23. The maximum absolute atomic E-state index is 12.0. The van der Waals surface area contributed by atoms with Gasteiger partial charge in [0.15, 0.2) is 0 Å². The van der Waals surface area contributed by atoms with E-state index in [1.54, 1.807) is 11.9 Å². The van der Waals surface area contributed by atoms with Crippen LogP contribution in [0, 0.1) is 5.92 Å². The fourth-order valence-corrected chi connectivity index (χ4v) is 2.35. The molecule has 1 aromatic carbocycles. The summed E-state index contributed by atoms with van der Waals surface area (Å²) in [6.45, 7) is 4.90. The molecule has 0 aliphatic carbocycles. The van der Waals surface area contributed by atoms with E-state index in [9.17, 15) is 9.59 Å². The molecule has 0 fully saturated rings. The van der Waals surface area contributed by atoms with Crippen molar-refractivity contribution in [3.8, 4) is 0 Å². The average Bonchev–Trinajstić information content (AvgIpc) is 2.45. The quantitative estimate of drug-likeness (QED) is 0.762. The van der Waals surface area contributed by atoms with E-state index in [2.05, 4.69) is 38.1 Å². The summed E-state index contributed by atoms with van der Waals surface area (Å²) in [4.78, 5) is 24.1. The van der Waals surface area contributed by atoms with Crippen molar-refractivity contribution >= 4 is 11.9 Å². The molecule has 0 unspecified atom stereocenters. The largest absolute Gasteiger partial charge is 0.481 e. The minimum atomic E-state index is -0.817. The number of aryl methyl sites for hydroxylation is 1. The summed E-state index contributed by atoms with van der Waals surface area (Å²) in [5.41, 5.74) is 2.50. The van der Waals surface area contributed by atoms with Crippen molar-refractivity contribution in [3.63, 3.8) is 0 Å². The van der Waals surface area contributed by atoms with Crippen LogP contribution in [0.1, 0.15) is 44.2 Å². The standard InChI is InChI=1S/C18H27NO3/c1-14(2)13-16-8-6-15(7-9-16)10-11-17(20)19(3)12-4-5-18(21)22/h6-9,14H,4-5,10-13H2,1-3H3,(H,21,22). The molecule has 4 heteroatoms.